The Hall–Kier alpha value is -2.68. The fraction of sp³-hybridized carbons (Fsp3) is 0. The van der Waals surface area contributed by atoms with Crippen LogP contribution in [0.4, 0.5) is 0 Å². The highest BCUT2D eigenvalue weighted by atomic mass is 79.9. The average molecular weight is 512 g/mol. The Balaban J connectivity index is 1.75. The van der Waals surface area contributed by atoms with E-state index in [9.17, 15) is 0 Å². The minimum absolute atomic E-state index is 1.10. The minimum atomic E-state index is 1.10. The molecule has 0 heterocycles. The Morgan fingerprint density at radius 1 is 0.500 bits per heavy atom. The molecule has 0 aromatic heterocycles. The third-order valence-electron chi connectivity index (χ3n) is 5.94. The van der Waals surface area contributed by atoms with Crippen LogP contribution in [0.2, 0.25) is 0 Å². The van der Waals surface area contributed by atoms with Gasteiger partial charge in [-0.25, -0.2) is 0 Å². The van der Waals surface area contributed by atoms with Crippen molar-refractivity contribution in [1.29, 1.82) is 0 Å². The van der Waals surface area contributed by atoms with Crippen LogP contribution in [0.15, 0.2) is 99.9 Å². The normalized spacial score (nSPS) is 12.3. The highest BCUT2D eigenvalue weighted by Crippen LogP contribution is 2.47. The van der Waals surface area contributed by atoms with Gasteiger partial charge in [0.15, 0.2) is 0 Å². The van der Waals surface area contributed by atoms with E-state index in [0.717, 1.165) is 8.95 Å². The van der Waals surface area contributed by atoms with Crippen molar-refractivity contribution >= 4 is 65.1 Å². The molecule has 0 radical (unpaired) electrons. The molecule has 1 aliphatic carbocycles. The van der Waals surface area contributed by atoms with Gasteiger partial charge in [-0.3, -0.25) is 0 Å². The number of halogens is 2. The first-order valence-electron chi connectivity index (χ1n) is 9.91. The van der Waals surface area contributed by atoms with Gasteiger partial charge in [-0.05, 0) is 91.3 Å². The Kier molecular flexibility index (Phi) is 4.19. The van der Waals surface area contributed by atoms with Gasteiger partial charge in [-0.15, -0.1) is 0 Å². The number of hydrogen-bond donors (Lipinski definition) is 0. The molecule has 0 aliphatic heterocycles. The maximum Gasteiger partial charge on any atom is 0.0181 e. The summed E-state index contributed by atoms with van der Waals surface area (Å²) in [5.74, 6) is 0. The van der Waals surface area contributed by atoms with Crippen molar-refractivity contribution < 1.29 is 0 Å². The zero-order chi connectivity index (χ0) is 20.2. The largest absolute Gasteiger partial charge is 0.0616 e. The Morgan fingerprint density at radius 2 is 1.00 bits per heavy atom. The van der Waals surface area contributed by atoms with Crippen LogP contribution in [0.1, 0.15) is 16.7 Å². The second kappa shape index (κ2) is 6.94. The molecule has 6 rings (SSSR count). The summed E-state index contributed by atoms with van der Waals surface area (Å²) in [5, 5.41) is 5.10. The second-order valence-corrected chi connectivity index (χ2v) is 9.50. The molecule has 0 N–H and O–H groups in total. The van der Waals surface area contributed by atoms with Crippen LogP contribution < -0.4 is 0 Å². The average Bonchev–Trinajstić information content (AvgIpc) is 3.05. The molecule has 0 saturated heterocycles. The Bertz CT molecular complexity index is 1400. The molecule has 0 spiro atoms. The lowest BCUT2D eigenvalue weighted by Crippen LogP contribution is -1.87. The van der Waals surface area contributed by atoms with E-state index in [4.69, 9.17) is 0 Å². The molecule has 5 aromatic rings. The van der Waals surface area contributed by atoms with E-state index in [1.54, 1.807) is 0 Å². The van der Waals surface area contributed by atoms with E-state index in [0.29, 0.717) is 0 Å². The molecule has 0 bridgehead atoms. The molecule has 0 nitrogen and oxygen atoms in total. The van der Waals surface area contributed by atoms with E-state index in [1.807, 2.05) is 0 Å². The van der Waals surface area contributed by atoms with Crippen molar-refractivity contribution in [3.63, 3.8) is 0 Å². The predicted octanol–water partition coefficient (Wildman–Crippen LogP) is 9.09. The highest BCUT2D eigenvalue weighted by Gasteiger charge is 2.24. The van der Waals surface area contributed by atoms with Crippen molar-refractivity contribution in [2.24, 2.45) is 0 Å². The second-order valence-electron chi connectivity index (χ2n) is 7.67. The first-order valence-corrected chi connectivity index (χ1v) is 11.5. The first kappa shape index (κ1) is 18.1. The van der Waals surface area contributed by atoms with E-state index in [1.165, 1.54) is 54.9 Å². The molecule has 0 unspecified atom stereocenters. The molecule has 142 valence electrons. The zero-order valence-corrected chi connectivity index (χ0v) is 19.2. The van der Waals surface area contributed by atoms with Crippen LogP contribution in [-0.2, 0) is 0 Å². The molecule has 0 fully saturated rings. The number of fused-ring (bicyclic) bond motifs is 5. The monoisotopic (exact) mass is 510 g/mol. The maximum atomic E-state index is 3.68. The highest BCUT2D eigenvalue weighted by molar-refractivity contribution is 9.10. The van der Waals surface area contributed by atoms with Crippen LogP contribution in [0, 0.1) is 0 Å². The summed E-state index contributed by atoms with van der Waals surface area (Å²) in [6.07, 6.45) is 2.38. The summed E-state index contributed by atoms with van der Waals surface area (Å²) >= 11 is 7.36. The standard InChI is InChI=1S/C28H16Br2/c29-19-9-11-23-24-12-10-20(30)15-26(24)28(25(23)14-19)16-27-21-7-3-1-5-17(21)13-18-6-2-4-8-22(18)27/h1-16H. The van der Waals surface area contributed by atoms with Gasteiger partial charge in [0.25, 0.3) is 0 Å². The van der Waals surface area contributed by atoms with Gasteiger partial charge in [0.05, 0.1) is 0 Å². The van der Waals surface area contributed by atoms with Crippen LogP contribution in [0.5, 0.6) is 0 Å². The zero-order valence-electron chi connectivity index (χ0n) is 16.0. The number of rotatable bonds is 1. The summed E-state index contributed by atoms with van der Waals surface area (Å²) < 4.78 is 2.20. The van der Waals surface area contributed by atoms with Crippen LogP contribution in [0.3, 0.4) is 0 Å². The molecule has 0 atom stereocenters. The van der Waals surface area contributed by atoms with E-state index >= 15 is 0 Å². The Morgan fingerprint density at radius 3 is 1.53 bits per heavy atom. The molecule has 5 aromatic carbocycles. The summed E-state index contributed by atoms with van der Waals surface area (Å²) in [6.45, 7) is 0. The lowest BCUT2D eigenvalue weighted by Gasteiger charge is -2.11. The van der Waals surface area contributed by atoms with Crippen molar-refractivity contribution in [2.45, 2.75) is 0 Å². The SMILES string of the molecule is Brc1ccc2c(c1)C(=Cc1c3ccccc3cc3ccccc13)c1cc(Br)ccc1-2. The van der Waals surface area contributed by atoms with E-state index in [-0.39, 0.29) is 0 Å². The third-order valence-corrected chi connectivity index (χ3v) is 6.92. The number of benzene rings is 5. The molecular formula is C28H16Br2. The van der Waals surface area contributed by atoms with Gasteiger partial charge in [-0.2, -0.15) is 0 Å². The Labute approximate surface area is 192 Å². The minimum Gasteiger partial charge on any atom is -0.0616 e. The van der Waals surface area contributed by atoms with Crippen molar-refractivity contribution in [3.05, 3.63) is 117 Å². The fourth-order valence-electron chi connectivity index (χ4n) is 4.60. The lowest BCUT2D eigenvalue weighted by atomic mass is 9.93. The topological polar surface area (TPSA) is 0 Å². The van der Waals surface area contributed by atoms with Gasteiger partial charge in [0.1, 0.15) is 0 Å². The maximum absolute atomic E-state index is 3.68. The smallest absolute Gasteiger partial charge is 0.0181 e. The van der Waals surface area contributed by atoms with Gasteiger partial charge in [0, 0.05) is 8.95 Å². The summed E-state index contributed by atoms with van der Waals surface area (Å²) in [4.78, 5) is 0. The van der Waals surface area contributed by atoms with Gasteiger partial charge in [-0.1, -0.05) is 92.5 Å². The van der Waals surface area contributed by atoms with Crippen LogP contribution in [0.25, 0.3) is 44.3 Å². The lowest BCUT2D eigenvalue weighted by molar-refractivity contribution is 1.60. The first-order chi connectivity index (χ1) is 14.7. The number of hydrogen-bond acceptors (Lipinski definition) is 0. The quantitative estimate of drug-likeness (QED) is 0.193. The van der Waals surface area contributed by atoms with Crippen molar-refractivity contribution in [2.75, 3.05) is 0 Å². The van der Waals surface area contributed by atoms with Crippen molar-refractivity contribution in [1.82, 2.24) is 0 Å². The molecule has 0 saturated carbocycles. The molecule has 1 aliphatic rings. The van der Waals surface area contributed by atoms with Gasteiger partial charge in [0.2, 0.25) is 0 Å². The van der Waals surface area contributed by atoms with Gasteiger partial charge < -0.3 is 0 Å². The summed E-state index contributed by atoms with van der Waals surface area (Å²) in [6, 6.07) is 32.8. The third kappa shape index (κ3) is 2.79. The fourth-order valence-corrected chi connectivity index (χ4v) is 5.32. The van der Waals surface area contributed by atoms with E-state index in [2.05, 4.69) is 129 Å². The molecular weight excluding hydrogens is 496 g/mol. The molecule has 2 heteroatoms. The van der Waals surface area contributed by atoms with E-state index < -0.39 is 0 Å². The van der Waals surface area contributed by atoms with Crippen molar-refractivity contribution in [3.8, 4) is 11.1 Å². The summed E-state index contributed by atoms with van der Waals surface area (Å²) in [5.41, 5.74) is 7.67. The molecule has 30 heavy (non-hydrogen) atoms. The predicted molar refractivity (Wildman–Crippen MR) is 136 cm³/mol. The molecule has 0 amide bonds. The van der Waals surface area contributed by atoms with Gasteiger partial charge >= 0.3 is 0 Å². The van der Waals surface area contributed by atoms with Crippen LogP contribution in [-0.4, -0.2) is 0 Å². The summed E-state index contributed by atoms with van der Waals surface area (Å²) in [7, 11) is 0. The van der Waals surface area contributed by atoms with Crippen LogP contribution >= 0.6 is 31.9 Å².